The lowest BCUT2D eigenvalue weighted by molar-refractivity contribution is 0.0649. The van der Waals surface area contributed by atoms with Crippen molar-refractivity contribution in [2.24, 2.45) is 5.92 Å². The fraction of sp³-hybridized carbons (Fsp3) is 0.524. The standard InChI is InChI=1S/C21H28ClNO2/c1-2-3-5-13-20(24)19(15-14-18(22)12-8-9-16-23)21(25)17-10-6-4-7-11-17/h4,6-7,10-11,14,19-20,24H,2-3,5,8-9,12-13,15H2,1H3/b18-14+. The molecule has 2 atom stereocenters. The molecule has 0 bridgehead atoms. The van der Waals surface area contributed by atoms with Crippen molar-refractivity contribution in [1.29, 1.82) is 5.26 Å². The van der Waals surface area contributed by atoms with Crippen LogP contribution in [-0.4, -0.2) is 17.0 Å². The topological polar surface area (TPSA) is 61.1 Å². The van der Waals surface area contributed by atoms with E-state index in [4.69, 9.17) is 16.9 Å². The number of benzene rings is 1. The second-order valence-corrected chi connectivity index (χ2v) is 6.78. The lowest BCUT2D eigenvalue weighted by Gasteiger charge is -2.21. The third kappa shape index (κ3) is 8.34. The normalized spacial score (nSPS) is 13.9. The van der Waals surface area contributed by atoms with Crippen LogP contribution in [0, 0.1) is 17.2 Å². The zero-order chi connectivity index (χ0) is 18.5. The van der Waals surface area contributed by atoms with Crippen LogP contribution in [0.3, 0.4) is 0 Å². The van der Waals surface area contributed by atoms with Crippen molar-refractivity contribution in [3.05, 3.63) is 47.0 Å². The minimum Gasteiger partial charge on any atom is -0.392 e. The molecule has 0 radical (unpaired) electrons. The number of carbonyl (C=O) groups is 1. The number of carbonyl (C=O) groups excluding carboxylic acids is 1. The Bertz CT molecular complexity index is 577. The molecule has 0 fully saturated rings. The SMILES string of the molecule is CCCCCC(O)C(C/C=C(/Cl)CCCC#N)C(=O)c1ccccc1. The van der Waals surface area contributed by atoms with Gasteiger partial charge in [-0.05, 0) is 25.7 Å². The Morgan fingerprint density at radius 2 is 2.00 bits per heavy atom. The highest BCUT2D eigenvalue weighted by atomic mass is 35.5. The summed E-state index contributed by atoms with van der Waals surface area (Å²) in [5, 5.41) is 19.8. The summed E-state index contributed by atoms with van der Waals surface area (Å²) in [6.07, 6.45) is 7.06. The van der Waals surface area contributed by atoms with Crippen LogP contribution in [0.15, 0.2) is 41.4 Å². The molecule has 1 aromatic rings. The number of ketones is 1. The Kier molecular flexibility index (Phi) is 10.9. The number of allylic oxidation sites excluding steroid dienone is 2. The predicted octanol–water partition coefficient (Wildman–Crippen LogP) is 5.63. The van der Waals surface area contributed by atoms with Gasteiger partial charge in [-0.3, -0.25) is 4.79 Å². The van der Waals surface area contributed by atoms with Crippen molar-refractivity contribution in [1.82, 2.24) is 0 Å². The molecular formula is C21H28ClNO2. The molecular weight excluding hydrogens is 334 g/mol. The summed E-state index contributed by atoms with van der Waals surface area (Å²) in [6.45, 7) is 2.11. The van der Waals surface area contributed by atoms with Crippen LogP contribution >= 0.6 is 11.6 Å². The van der Waals surface area contributed by atoms with E-state index in [1.165, 1.54) is 0 Å². The second-order valence-electron chi connectivity index (χ2n) is 6.30. The molecule has 1 rings (SSSR count). The minimum atomic E-state index is -0.668. The van der Waals surface area contributed by atoms with Crippen molar-refractivity contribution in [2.45, 2.75) is 64.4 Å². The summed E-state index contributed by atoms with van der Waals surface area (Å²) in [5.74, 6) is -0.522. The number of rotatable bonds is 12. The summed E-state index contributed by atoms with van der Waals surface area (Å²) >= 11 is 6.20. The molecule has 0 saturated carbocycles. The van der Waals surface area contributed by atoms with Crippen molar-refractivity contribution in [3.8, 4) is 6.07 Å². The van der Waals surface area contributed by atoms with Gasteiger partial charge in [-0.2, -0.15) is 5.26 Å². The van der Waals surface area contributed by atoms with E-state index < -0.39 is 12.0 Å². The van der Waals surface area contributed by atoms with Crippen molar-refractivity contribution >= 4 is 17.4 Å². The minimum absolute atomic E-state index is 0.0395. The van der Waals surface area contributed by atoms with E-state index in [0.29, 0.717) is 42.7 Å². The van der Waals surface area contributed by atoms with Crippen molar-refractivity contribution < 1.29 is 9.90 Å². The van der Waals surface area contributed by atoms with Crippen LogP contribution in [0.2, 0.25) is 0 Å². The van der Waals surface area contributed by atoms with Crippen LogP contribution in [0.1, 0.15) is 68.6 Å². The van der Waals surface area contributed by atoms with E-state index >= 15 is 0 Å². The Balaban J connectivity index is 2.78. The number of aliphatic hydroxyl groups is 1. The molecule has 1 N–H and O–H groups in total. The van der Waals surface area contributed by atoms with E-state index in [-0.39, 0.29) is 5.78 Å². The van der Waals surface area contributed by atoms with E-state index in [9.17, 15) is 9.90 Å². The Hall–Kier alpha value is -1.63. The van der Waals surface area contributed by atoms with Gasteiger partial charge in [0, 0.05) is 17.0 Å². The second kappa shape index (κ2) is 12.7. The maximum atomic E-state index is 12.8. The fourth-order valence-corrected chi connectivity index (χ4v) is 2.98. The van der Waals surface area contributed by atoms with Gasteiger partial charge in [0.25, 0.3) is 0 Å². The fourth-order valence-electron chi connectivity index (χ4n) is 2.75. The molecule has 0 aromatic heterocycles. The smallest absolute Gasteiger partial charge is 0.168 e. The zero-order valence-electron chi connectivity index (χ0n) is 15.0. The maximum Gasteiger partial charge on any atom is 0.168 e. The van der Waals surface area contributed by atoms with Gasteiger partial charge in [0.15, 0.2) is 5.78 Å². The van der Waals surface area contributed by atoms with Gasteiger partial charge in [-0.15, -0.1) is 0 Å². The predicted molar refractivity (Wildman–Crippen MR) is 102 cm³/mol. The first-order valence-corrected chi connectivity index (χ1v) is 9.46. The number of nitriles is 1. The summed E-state index contributed by atoms with van der Waals surface area (Å²) in [7, 11) is 0. The third-order valence-corrected chi connectivity index (χ3v) is 4.60. The average molecular weight is 362 g/mol. The van der Waals surface area contributed by atoms with E-state index in [1.807, 2.05) is 24.3 Å². The summed E-state index contributed by atoms with van der Waals surface area (Å²) in [4.78, 5) is 12.8. The highest BCUT2D eigenvalue weighted by Gasteiger charge is 2.26. The van der Waals surface area contributed by atoms with Crippen LogP contribution in [0.25, 0.3) is 0 Å². The third-order valence-electron chi connectivity index (χ3n) is 4.26. The highest BCUT2D eigenvalue weighted by Crippen LogP contribution is 2.23. The molecule has 3 nitrogen and oxygen atoms in total. The van der Waals surface area contributed by atoms with Crippen LogP contribution in [-0.2, 0) is 0 Å². The number of halogens is 1. The molecule has 0 aliphatic carbocycles. The number of nitrogens with zero attached hydrogens (tertiary/aromatic N) is 1. The first-order chi connectivity index (χ1) is 12.1. The average Bonchev–Trinajstić information content (AvgIpc) is 2.63. The Morgan fingerprint density at radius 3 is 2.64 bits per heavy atom. The molecule has 25 heavy (non-hydrogen) atoms. The number of hydrogen-bond acceptors (Lipinski definition) is 3. The van der Waals surface area contributed by atoms with Gasteiger partial charge in [-0.25, -0.2) is 0 Å². The molecule has 0 amide bonds. The zero-order valence-corrected chi connectivity index (χ0v) is 15.7. The quantitative estimate of drug-likeness (QED) is 0.387. The van der Waals surface area contributed by atoms with E-state index in [1.54, 1.807) is 12.1 Å². The first-order valence-electron chi connectivity index (χ1n) is 9.09. The van der Waals surface area contributed by atoms with Gasteiger partial charge < -0.3 is 5.11 Å². The van der Waals surface area contributed by atoms with Crippen LogP contribution < -0.4 is 0 Å². The number of unbranched alkanes of at least 4 members (excludes halogenated alkanes) is 3. The number of hydrogen-bond donors (Lipinski definition) is 1. The molecule has 4 heteroatoms. The van der Waals surface area contributed by atoms with Crippen LogP contribution in [0.5, 0.6) is 0 Å². The van der Waals surface area contributed by atoms with Gasteiger partial charge in [0.1, 0.15) is 0 Å². The lowest BCUT2D eigenvalue weighted by atomic mass is 9.87. The summed E-state index contributed by atoms with van der Waals surface area (Å²) in [6, 6.07) is 11.2. The van der Waals surface area contributed by atoms with Gasteiger partial charge in [0.05, 0.1) is 18.1 Å². The Labute approximate surface area is 156 Å². The first kappa shape index (κ1) is 21.4. The van der Waals surface area contributed by atoms with Crippen molar-refractivity contribution in [2.75, 3.05) is 0 Å². The molecule has 136 valence electrons. The molecule has 0 spiro atoms. The van der Waals surface area contributed by atoms with Gasteiger partial charge in [0.2, 0.25) is 0 Å². The summed E-state index contributed by atoms with van der Waals surface area (Å²) < 4.78 is 0. The molecule has 0 aliphatic heterocycles. The summed E-state index contributed by atoms with van der Waals surface area (Å²) in [5.41, 5.74) is 0.621. The largest absolute Gasteiger partial charge is 0.392 e. The highest BCUT2D eigenvalue weighted by molar-refractivity contribution is 6.29. The van der Waals surface area contributed by atoms with Crippen LogP contribution in [0.4, 0.5) is 0 Å². The maximum absolute atomic E-state index is 12.8. The molecule has 0 aliphatic rings. The monoisotopic (exact) mass is 361 g/mol. The molecule has 2 unspecified atom stereocenters. The lowest BCUT2D eigenvalue weighted by Crippen LogP contribution is -2.28. The molecule has 1 aromatic carbocycles. The molecule has 0 saturated heterocycles. The number of aliphatic hydroxyl groups excluding tert-OH is 1. The van der Waals surface area contributed by atoms with Gasteiger partial charge >= 0.3 is 0 Å². The van der Waals surface area contributed by atoms with Gasteiger partial charge in [-0.1, -0.05) is 74.2 Å². The van der Waals surface area contributed by atoms with Crippen molar-refractivity contribution in [3.63, 3.8) is 0 Å². The molecule has 0 heterocycles. The Morgan fingerprint density at radius 1 is 1.28 bits per heavy atom. The number of Topliss-reactive ketones (excluding diaryl/α,β-unsaturated/α-hetero) is 1. The van der Waals surface area contributed by atoms with E-state index in [0.717, 1.165) is 19.3 Å². The van der Waals surface area contributed by atoms with E-state index in [2.05, 4.69) is 13.0 Å².